The number of hydrogen-bond donors (Lipinski definition) is 1. The maximum atomic E-state index is 13.0. The van der Waals surface area contributed by atoms with Crippen molar-refractivity contribution >= 4 is 59.5 Å². The van der Waals surface area contributed by atoms with Gasteiger partial charge in [-0.3, -0.25) is 14.5 Å². The zero-order valence-corrected chi connectivity index (χ0v) is 22.4. The Hall–Kier alpha value is -1.19. The van der Waals surface area contributed by atoms with E-state index in [4.69, 9.17) is 4.52 Å². The van der Waals surface area contributed by atoms with Crippen LogP contribution in [0.3, 0.4) is 0 Å². The molecule has 166 valence electrons. The number of amides is 2. The molecule has 0 bridgehead atoms. The summed E-state index contributed by atoms with van der Waals surface area (Å²) < 4.78 is 5.09. The molecule has 32 heavy (non-hydrogen) atoms. The molecule has 0 saturated carbocycles. The third kappa shape index (κ3) is 4.09. The van der Waals surface area contributed by atoms with E-state index in [-0.39, 0.29) is 47.8 Å². The number of aromatic nitrogens is 4. The van der Waals surface area contributed by atoms with Gasteiger partial charge in [0.05, 0.1) is 16.6 Å². The summed E-state index contributed by atoms with van der Waals surface area (Å²) in [5.41, 5.74) is -1.44. The van der Waals surface area contributed by atoms with Crippen LogP contribution in [0.1, 0.15) is 35.0 Å². The van der Waals surface area contributed by atoms with Gasteiger partial charge in [0, 0.05) is 25.6 Å². The predicted octanol–water partition coefficient (Wildman–Crippen LogP) is -3.16. The van der Waals surface area contributed by atoms with Crippen molar-refractivity contribution in [2.45, 2.75) is 43.9 Å². The molecule has 2 amide bonds. The van der Waals surface area contributed by atoms with Crippen LogP contribution in [0.4, 0.5) is 5.95 Å². The normalized spacial score (nSPS) is 25.4. The van der Waals surface area contributed by atoms with Crippen molar-refractivity contribution in [2.75, 3.05) is 17.2 Å². The molecule has 4 atom stereocenters. The molecule has 0 N–H and O–H groups in total. The van der Waals surface area contributed by atoms with Gasteiger partial charge in [-0.15, -0.1) is 33.3 Å². The first-order valence-corrected chi connectivity index (χ1v) is 11.8. The third-order valence-corrected chi connectivity index (χ3v) is 8.73. The van der Waals surface area contributed by atoms with E-state index < -0.39 is 39.9 Å². The standard InChI is InChI=1S/C17H20N6O5S3.Na/c1-4-9-18-16(21-28-9)23(8(3)24)10-13(25)22-5-17(15(26)27,6-30-14(10)22)11(29)12-20-19-7(2)31-12;/h10-11,14,29H,4-6H2,1-3H3,(H,26,27);/q;+1/p-1/t10?,11?,14-,17?;/m1./s1. The first-order chi connectivity index (χ1) is 14.7. The largest absolute Gasteiger partial charge is 1.00 e. The van der Waals surface area contributed by atoms with Crippen LogP contribution < -0.4 is 39.6 Å². The molecule has 2 aliphatic rings. The number of β-lactam (4-membered cyclic amide) rings is 1. The molecular weight excluding hydrogens is 487 g/mol. The molecule has 3 unspecified atom stereocenters. The zero-order valence-electron chi connectivity index (χ0n) is 17.8. The Bertz CT molecular complexity index is 1050. The number of nitrogens with zero attached hydrogens (tertiary/aromatic N) is 6. The number of hydrogen-bond acceptors (Lipinski definition) is 12. The fraction of sp³-hybridized carbons (Fsp3) is 0.588. The first-order valence-electron chi connectivity index (χ1n) is 9.43. The zero-order chi connectivity index (χ0) is 22.5. The Balaban J connectivity index is 0.00000289. The summed E-state index contributed by atoms with van der Waals surface area (Å²) in [5.74, 6) is -1.61. The molecule has 4 rings (SSSR count). The Kier molecular flexibility index (Phi) is 7.62. The quantitative estimate of drug-likeness (QED) is 0.242. The fourth-order valence-corrected chi connectivity index (χ4v) is 6.72. The number of fused-ring (bicyclic) bond motifs is 1. The van der Waals surface area contributed by atoms with Crippen LogP contribution in [-0.2, 0) is 20.8 Å². The summed E-state index contributed by atoms with van der Waals surface area (Å²) >= 11 is 7.04. The van der Waals surface area contributed by atoms with Crippen LogP contribution in [0, 0.1) is 12.3 Å². The number of aliphatic carboxylic acids is 1. The number of thiol groups is 1. The van der Waals surface area contributed by atoms with Gasteiger partial charge in [0.2, 0.25) is 17.7 Å². The number of carbonyl (C=O) groups is 3. The van der Waals surface area contributed by atoms with Crippen LogP contribution in [0.2, 0.25) is 0 Å². The molecule has 15 heteroatoms. The second kappa shape index (κ2) is 9.58. The molecule has 11 nitrogen and oxygen atoms in total. The molecule has 0 aliphatic carbocycles. The Morgan fingerprint density at radius 3 is 2.69 bits per heavy atom. The van der Waals surface area contributed by atoms with E-state index in [1.54, 1.807) is 6.92 Å². The van der Waals surface area contributed by atoms with Gasteiger partial charge in [0.15, 0.2) is 0 Å². The van der Waals surface area contributed by atoms with E-state index in [2.05, 4.69) is 33.0 Å². The van der Waals surface area contributed by atoms with Crippen molar-refractivity contribution in [1.29, 1.82) is 0 Å². The smallest absolute Gasteiger partial charge is 0.549 e. The Morgan fingerprint density at radius 2 is 2.16 bits per heavy atom. The summed E-state index contributed by atoms with van der Waals surface area (Å²) in [6, 6.07) is -0.841. The van der Waals surface area contributed by atoms with Gasteiger partial charge in [-0.2, -0.15) is 17.6 Å². The SMILES string of the molecule is CCc1nc(N(C(C)=O)C2C(=O)N3CC(C(=O)[O-])(C(S)c4nnc(C)s4)CS[C@H]23)no1.[Na+]. The van der Waals surface area contributed by atoms with Crippen LogP contribution in [-0.4, -0.2) is 66.7 Å². The van der Waals surface area contributed by atoms with Gasteiger partial charge in [0.1, 0.15) is 21.4 Å². The average Bonchev–Trinajstić information content (AvgIpc) is 3.39. The van der Waals surface area contributed by atoms with Crippen molar-refractivity contribution in [3.63, 3.8) is 0 Å². The average molecular weight is 507 g/mol. The molecule has 0 radical (unpaired) electrons. The maximum absolute atomic E-state index is 13.0. The number of aryl methyl sites for hydroxylation is 2. The monoisotopic (exact) mass is 506 g/mol. The van der Waals surface area contributed by atoms with Crippen LogP contribution in [0.5, 0.6) is 0 Å². The van der Waals surface area contributed by atoms with Crippen molar-refractivity contribution in [1.82, 2.24) is 25.2 Å². The van der Waals surface area contributed by atoms with E-state index in [1.165, 1.54) is 39.8 Å². The van der Waals surface area contributed by atoms with E-state index in [9.17, 15) is 19.5 Å². The minimum atomic E-state index is -1.44. The summed E-state index contributed by atoms with van der Waals surface area (Å²) in [4.78, 5) is 44.4. The van der Waals surface area contributed by atoms with E-state index >= 15 is 0 Å². The predicted molar refractivity (Wildman–Crippen MR) is 112 cm³/mol. The third-order valence-electron chi connectivity index (χ3n) is 5.38. The number of rotatable bonds is 6. The van der Waals surface area contributed by atoms with Crippen molar-refractivity contribution in [3.05, 3.63) is 15.9 Å². The van der Waals surface area contributed by atoms with Gasteiger partial charge in [-0.05, 0) is 12.1 Å². The van der Waals surface area contributed by atoms with Gasteiger partial charge < -0.3 is 19.3 Å². The van der Waals surface area contributed by atoms with Gasteiger partial charge in [-0.1, -0.05) is 6.92 Å². The molecular formula is C17H19N6NaO5S3. The number of carbonyl (C=O) groups excluding carboxylic acids is 3. The Labute approximate surface area is 219 Å². The second-order valence-electron chi connectivity index (χ2n) is 7.35. The molecule has 0 aromatic carbocycles. The maximum Gasteiger partial charge on any atom is 1.00 e. The second-order valence-corrected chi connectivity index (χ2v) is 10.2. The van der Waals surface area contributed by atoms with E-state index in [0.717, 1.165) is 0 Å². The van der Waals surface area contributed by atoms with Crippen LogP contribution in [0.15, 0.2) is 4.52 Å². The van der Waals surface area contributed by atoms with Gasteiger partial charge in [-0.25, -0.2) is 0 Å². The van der Waals surface area contributed by atoms with E-state index in [0.29, 0.717) is 22.3 Å². The summed E-state index contributed by atoms with van der Waals surface area (Å²) in [6.07, 6.45) is 0.490. The minimum absolute atomic E-state index is 0. The number of anilines is 1. The molecule has 0 spiro atoms. The fourth-order valence-electron chi connectivity index (χ4n) is 3.68. The molecule has 2 aromatic rings. The van der Waals surface area contributed by atoms with Gasteiger partial charge >= 0.3 is 29.6 Å². The number of carboxylic acid groups (broad SMARTS) is 1. The number of carboxylic acids is 1. The summed E-state index contributed by atoms with van der Waals surface area (Å²) in [7, 11) is 0. The molecule has 4 heterocycles. The van der Waals surface area contributed by atoms with Gasteiger partial charge in [0.25, 0.3) is 5.95 Å². The van der Waals surface area contributed by atoms with Crippen molar-refractivity contribution in [3.8, 4) is 0 Å². The number of thioether (sulfide) groups is 1. The van der Waals surface area contributed by atoms with Crippen LogP contribution >= 0.6 is 35.7 Å². The topological polar surface area (TPSA) is 145 Å². The molecule has 2 aromatic heterocycles. The van der Waals surface area contributed by atoms with Crippen LogP contribution in [0.25, 0.3) is 0 Å². The Morgan fingerprint density at radius 1 is 1.44 bits per heavy atom. The van der Waals surface area contributed by atoms with E-state index in [1.807, 2.05) is 6.92 Å². The summed E-state index contributed by atoms with van der Waals surface area (Å²) in [5, 5.41) is 23.9. The first kappa shape index (κ1) is 25.4. The summed E-state index contributed by atoms with van der Waals surface area (Å²) in [6.45, 7) is 4.81. The molecule has 2 saturated heterocycles. The molecule has 2 aliphatic heterocycles. The molecule has 2 fully saturated rings. The van der Waals surface area contributed by atoms with Crippen molar-refractivity contribution in [2.24, 2.45) is 5.41 Å². The van der Waals surface area contributed by atoms with Crippen molar-refractivity contribution < 1.29 is 53.6 Å². The minimum Gasteiger partial charge on any atom is -0.549 e.